The zero-order valence-electron chi connectivity index (χ0n) is 30.7. The SMILES string of the molecule is [2H]CC(=O)[C@H](Cc1ccc(O)cc1)NC(=O)C(CCSSC(CNCC(N)=O)C(=O)CNCN[C@H](C=O)CCCN=C(N)N)CC(=O)Cc1ccccc1. The molecule has 2 amide bonds. The van der Waals surface area contributed by atoms with Crippen LogP contribution in [-0.4, -0.2) is 102 Å². The summed E-state index contributed by atoms with van der Waals surface area (Å²) in [6.07, 6.45) is 2.26. The first-order chi connectivity index (χ1) is 25.9. The van der Waals surface area contributed by atoms with Crippen molar-refractivity contribution in [1.82, 2.24) is 21.3 Å². The van der Waals surface area contributed by atoms with Crippen molar-refractivity contribution in [1.29, 1.82) is 0 Å². The first-order valence-electron chi connectivity index (χ1n) is 17.8. The van der Waals surface area contributed by atoms with Crippen molar-refractivity contribution in [2.45, 2.75) is 62.8 Å². The summed E-state index contributed by atoms with van der Waals surface area (Å²) in [6, 6.07) is 13.9. The molecule has 290 valence electrons. The van der Waals surface area contributed by atoms with E-state index in [-0.39, 0.29) is 75.3 Å². The van der Waals surface area contributed by atoms with E-state index >= 15 is 0 Å². The van der Waals surface area contributed by atoms with Gasteiger partial charge in [0.05, 0.1) is 30.4 Å². The summed E-state index contributed by atoms with van der Waals surface area (Å²) in [5, 5.41) is 20.7. The molecule has 2 aromatic rings. The van der Waals surface area contributed by atoms with Gasteiger partial charge in [0.15, 0.2) is 17.5 Å². The molecular weight excluding hydrogens is 721 g/mol. The van der Waals surface area contributed by atoms with E-state index in [0.29, 0.717) is 30.7 Å². The number of hydrogen-bond acceptors (Lipinski definition) is 13. The summed E-state index contributed by atoms with van der Waals surface area (Å²) in [5.41, 5.74) is 17.4. The second-order valence-corrected chi connectivity index (χ2v) is 14.9. The van der Waals surface area contributed by atoms with E-state index in [1.54, 1.807) is 12.1 Å². The van der Waals surface area contributed by atoms with E-state index in [2.05, 4.69) is 26.3 Å². The average Bonchev–Trinajstić information content (AvgIpc) is 3.14. The van der Waals surface area contributed by atoms with Gasteiger partial charge in [0.2, 0.25) is 11.8 Å². The molecule has 0 radical (unpaired) electrons. The van der Waals surface area contributed by atoms with Gasteiger partial charge in [0.25, 0.3) is 0 Å². The number of aliphatic imine (C=N–C) groups is 1. The Labute approximate surface area is 319 Å². The van der Waals surface area contributed by atoms with E-state index < -0.39 is 47.7 Å². The number of rotatable bonds is 29. The van der Waals surface area contributed by atoms with Crippen LogP contribution in [0.1, 0.15) is 45.1 Å². The van der Waals surface area contributed by atoms with Gasteiger partial charge in [-0.25, -0.2) is 0 Å². The number of benzene rings is 2. The van der Waals surface area contributed by atoms with Crippen LogP contribution in [0.4, 0.5) is 0 Å². The van der Waals surface area contributed by atoms with Crippen LogP contribution in [0, 0.1) is 5.92 Å². The molecule has 0 aliphatic carbocycles. The lowest BCUT2D eigenvalue weighted by Crippen LogP contribution is -2.44. The molecule has 2 rings (SSSR count). The van der Waals surface area contributed by atoms with E-state index in [0.717, 1.165) is 11.8 Å². The third-order valence-corrected chi connectivity index (χ3v) is 10.6. The van der Waals surface area contributed by atoms with Crippen LogP contribution in [0.2, 0.25) is 0 Å². The summed E-state index contributed by atoms with van der Waals surface area (Å²) in [7, 11) is 2.58. The van der Waals surface area contributed by atoms with Gasteiger partial charge in [-0.2, -0.15) is 0 Å². The minimum absolute atomic E-state index is 0.0220. The summed E-state index contributed by atoms with van der Waals surface area (Å²) >= 11 is 0. The Hall–Kier alpha value is -4.29. The van der Waals surface area contributed by atoms with Crippen molar-refractivity contribution in [3.05, 3.63) is 65.7 Å². The number of carbonyl (C=O) groups excluding carboxylic acids is 6. The third kappa shape index (κ3) is 19.9. The molecule has 0 aliphatic heterocycles. The number of nitrogens with two attached hydrogens (primary N) is 3. The lowest BCUT2D eigenvalue weighted by molar-refractivity contribution is -0.132. The molecule has 15 nitrogen and oxygen atoms in total. The fraction of sp³-hybridized carbons (Fsp3) is 0.472. The molecule has 11 N–H and O–H groups in total. The second kappa shape index (κ2) is 25.6. The topological polar surface area (TPSA) is 261 Å². The largest absolute Gasteiger partial charge is 0.508 e. The van der Waals surface area contributed by atoms with Crippen LogP contribution < -0.4 is 38.5 Å². The number of primary amides is 1. The Balaban J connectivity index is 2.04. The van der Waals surface area contributed by atoms with Crippen molar-refractivity contribution in [2.75, 3.05) is 38.6 Å². The molecular formula is C36H52N8O7S2. The fourth-order valence-corrected chi connectivity index (χ4v) is 7.60. The number of hydrogen-bond donors (Lipinski definition) is 8. The van der Waals surface area contributed by atoms with E-state index in [4.69, 9.17) is 18.6 Å². The van der Waals surface area contributed by atoms with Crippen LogP contribution in [0.3, 0.4) is 0 Å². The summed E-state index contributed by atoms with van der Waals surface area (Å²) < 4.78 is 7.64. The summed E-state index contributed by atoms with van der Waals surface area (Å²) in [5.74, 6) is -2.31. The molecule has 2 aromatic carbocycles. The Morgan fingerprint density at radius 2 is 1.70 bits per heavy atom. The van der Waals surface area contributed by atoms with Crippen LogP contribution >= 0.6 is 21.6 Å². The molecule has 4 atom stereocenters. The maximum Gasteiger partial charge on any atom is 0.231 e. The normalized spacial score (nSPS) is 13.5. The number of aromatic hydroxyl groups is 1. The van der Waals surface area contributed by atoms with Crippen LogP contribution in [-0.2, 0) is 41.6 Å². The minimum Gasteiger partial charge on any atom is -0.508 e. The molecule has 0 fully saturated rings. The van der Waals surface area contributed by atoms with Gasteiger partial charge in [-0.3, -0.25) is 39.6 Å². The molecule has 0 saturated heterocycles. The second-order valence-electron chi connectivity index (χ2n) is 12.3. The lowest BCUT2D eigenvalue weighted by atomic mass is 9.94. The van der Waals surface area contributed by atoms with Crippen molar-refractivity contribution < 1.29 is 35.2 Å². The molecule has 0 bridgehead atoms. The highest BCUT2D eigenvalue weighted by Crippen LogP contribution is 2.30. The zero-order chi connectivity index (χ0) is 39.7. The van der Waals surface area contributed by atoms with Gasteiger partial charge in [0.1, 0.15) is 17.8 Å². The number of carbonyl (C=O) groups is 6. The predicted octanol–water partition coefficient (Wildman–Crippen LogP) is 0.369. The molecule has 17 heteroatoms. The Morgan fingerprint density at radius 3 is 2.36 bits per heavy atom. The Kier molecular flexibility index (Phi) is 20.9. The van der Waals surface area contributed by atoms with Gasteiger partial charge in [-0.15, -0.1) is 0 Å². The zero-order valence-corrected chi connectivity index (χ0v) is 31.3. The molecule has 2 unspecified atom stereocenters. The van der Waals surface area contributed by atoms with Gasteiger partial charge >= 0.3 is 0 Å². The molecule has 53 heavy (non-hydrogen) atoms. The molecule has 0 heterocycles. The number of phenols is 1. The number of nitrogens with one attached hydrogen (secondary N) is 4. The number of ketones is 3. The number of amides is 2. The smallest absolute Gasteiger partial charge is 0.231 e. The number of Topliss-reactive ketones (excluding diaryl/α,β-unsaturated/α-hetero) is 3. The molecule has 0 aliphatic rings. The Bertz CT molecular complexity index is 1520. The first kappa shape index (κ1) is 43.1. The van der Waals surface area contributed by atoms with Crippen molar-refractivity contribution in [3.63, 3.8) is 0 Å². The van der Waals surface area contributed by atoms with E-state index in [1.165, 1.54) is 33.7 Å². The number of aldehydes is 1. The lowest BCUT2D eigenvalue weighted by Gasteiger charge is -2.22. The van der Waals surface area contributed by atoms with Gasteiger partial charge in [0, 0.05) is 45.6 Å². The predicted molar refractivity (Wildman–Crippen MR) is 209 cm³/mol. The standard InChI is InChI=1S/C36H52N8O7S2/c1-24(46)31(17-26-9-11-29(47)12-10-26)44-35(51)27(18-30(48)16-25-6-3-2-4-7-25)13-15-52-53-33(20-40-21-34(37)50)32(49)19-41-23-43-28(22-45)8-5-14-42-36(38)39/h2-4,6-7,9-12,22,27-28,31,33,40-41,43,47H,5,8,13-21,23H2,1H3,(H2,37,50)(H,44,51)(H4,38,39,42)/t27?,28-,31-,33?/m0/s1/i1D. The maximum absolute atomic E-state index is 13.7. The monoisotopic (exact) mass is 773 g/mol. The number of guanidine groups is 1. The first-order valence-corrected chi connectivity index (χ1v) is 19.5. The molecule has 0 saturated carbocycles. The average molecular weight is 774 g/mol. The van der Waals surface area contributed by atoms with Crippen molar-refractivity contribution in [3.8, 4) is 5.75 Å². The molecule has 0 aromatic heterocycles. The quantitative estimate of drug-likeness (QED) is 0.0139. The molecule has 0 spiro atoms. The van der Waals surface area contributed by atoms with Crippen molar-refractivity contribution >= 4 is 63.0 Å². The van der Waals surface area contributed by atoms with Crippen LogP contribution in [0.5, 0.6) is 5.75 Å². The van der Waals surface area contributed by atoms with Crippen LogP contribution in [0.15, 0.2) is 59.6 Å². The van der Waals surface area contributed by atoms with Crippen molar-refractivity contribution in [2.24, 2.45) is 28.1 Å². The highest BCUT2D eigenvalue weighted by molar-refractivity contribution is 8.77. The highest BCUT2D eigenvalue weighted by Gasteiger charge is 2.27. The van der Waals surface area contributed by atoms with Crippen LogP contribution in [0.25, 0.3) is 0 Å². The minimum atomic E-state index is -1.000. The van der Waals surface area contributed by atoms with E-state index in [1.807, 2.05) is 30.3 Å². The van der Waals surface area contributed by atoms with Gasteiger partial charge in [-0.05, 0) is 55.8 Å². The summed E-state index contributed by atoms with van der Waals surface area (Å²) in [4.78, 5) is 79.4. The number of phenolic OH excluding ortho intramolecular Hbond substituents is 1. The maximum atomic E-state index is 13.7. The Morgan fingerprint density at radius 1 is 0.962 bits per heavy atom. The third-order valence-electron chi connectivity index (χ3n) is 7.81. The fourth-order valence-electron chi connectivity index (χ4n) is 4.99. The van der Waals surface area contributed by atoms with Gasteiger partial charge in [-0.1, -0.05) is 64.1 Å². The number of nitrogens with zero attached hydrogens (tertiary/aromatic N) is 1. The highest BCUT2D eigenvalue weighted by atomic mass is 33.1. The summed E-state index contributed by atoms with van der Waals surface area (Å²) in [6.45, 7) is 0.00574. The van der Waals surface area contributed by atoms with Gasteiger partial charge < -0.3 is 37.7 Å². The van der Waals surface area contributed by atoms with E-state index in [9.17, 15) is 33.9 Å².